The summed E-state index contributed by atoms with van der Waals surface area (Å²) in [5, 5.41) is 15.5. The van der Waals surface area contributed by atoms with Crippen LogP contribution in [0.15, 0.2) is 42.5 Å². The van der Waals surface area contributed by atoms with Crippen molar-refractivity contribution in [1.29, 1.82) is 0 Å². The third kappa shape index (κ3) is 5.80. The molecule has 34 heavy (non-hydrogen) atoms. The average Bonchev–Trinajstić information content (AvgIpc) is 3.23. The predicted octanol–water partition coefficient (Wildman–Crippen LogP) is 4.48. The Morgan fingerprint density at radius 3 is 2.53 bits per heavy atom. The van der Waals surface area contributed by atoms with Gasteiger partial charge in [0.1, 0.15) is 11.6 Å². The number of amides is 2. The molecule has 4 N–H and O–H groups in total. The number of urea groups is 1. The Bertz CT molecular complexity index is 1120. The van der Waals surface area contributed by atoms with Gasteiger partial charge in [0.25, 0.3) is 0 Å². The number of nitrogens with zero attached hydrogens (tertiary/aromatic N) is 1. The minimum absolute atomic E-state index is 0.0462. The van der Waals surface area contributed by atoms with E-state index in [0.717, 1.165) is 17.7 Å². The first-order valence-electron chi connectivity index (χ1n) is 11.2. The number of aromatic amines is 1. The number of carbonyl (C=O) groups is 1. The lowest BCUT2D eigenvalue weighted by Gasteiger charge is -2.27. The highest BCUT2D eigenvalue weighted by atomic mass is 19.4. The molecule has 1 atom stereocenters. The number of aliphatic hydroxyl groups excluding tert-OH is 1. The van der Waals surface area contributed by atoms with E-state index in [2.05, 4.69) is 20.6 Å². The molecule has 4 rings (SSSR count). The van der Waals surface area contributed by atoms with Crippen molar-refractivity contribution in [2.24, 2.45) is 0 Å². The van der Waals surface area contributed by atoms with Crippen LogP contribution in [0.4, 0.5) is 18.0 Å². The Kier molecular flexibility index (Phi) is 6.97. The van der Waals surface area contributed by atoms with Crippen molar-refractivity contribution in [3.63, 3.8) is 0 Å². The van der Waals surface area contributed by atoms with Gasteiger partial charge in [0.05, 0.1) is 35.9 Å². The summed E-state index contributed by atoms with van der Waals surface area (Å²) in [4.78, 5) is 20.2. The molecule has 0 spiro atoms. The summed E-state index contributed by atoms with van der Waals surface area (Å²) in [7, 11) is 1.57. The Labute approximate surface area is 194 Å². The van der Waals surface area contributed by atoms with Crippen LogP contribution in [-0.4, -0.2) is 40.4 Å². The van der Waals surface area contributed by atoms with Crippen molar-refractivity contribution in [2.75, 3.05) is 7.11 Å². The monoisotopic (exact) mass is 476 g/mol. The number of fused-ring (bicyclic) bond motifs is 1. The minimum atomic E-state index is -4.47. The van der Waals surface area contributed by atoms with Crippen LogP contribution in [0.25, 0.3) is 11.0 Å². The van der Waals surface area contributed by atoms with E-state index in [4.69, 9.17) is 4.74 Å². The number of aliphatic hydroxyl groups is 1. The number of nitrogens with one attached hydrogen (secondary N) is 3. The number of ether oxygens (including phenoxy) is 1. The first-order valence-corrected chi connectivity index (χ1v) is 11.2. The lowest BCUT2D eigenvalue weighted by molar-refractivity contribution is -0.137. The molecule has 1 aliphatic carbocycles. The fraction of sp³-hybridized carbons (Fsp3) is 0.417. The number of imidazole rings is 1. The molecule has 10 heteroatoms. The normalized spacial score (nSPS) is 19.6. The van der Waals surface area contributed by atoms with E-state index < -0.39 is 23.8 Å². The molecule has 1 aliphatic rings. The van der Waals surface area contributed by atoms with E-state index in [9.17, 15) is 23.1 Å². The van der Waals surface area contributed by atoms with E-state index in [-0.39, 0.29) is 17.7 Å². The number of hydrogen-bond acceptors (Lipinski definition) is 4. The van der Waals surface area contributed by atoms with Crippen molar-refractivity contribution in [3.05, 3.63) is 59.4 Å². The van der Waals surface area contributed by atoms with Crippen molar-refractivity contribution in [1.82, 2.24) is 20.6 Å². The maximum Gasteiger partial charge on any atom is 0.416 e. The Morgan fingerprint density at radius 1 is 1.18 bits per heavy atom. The smallest absolute Gasteiger partial charge is 0.416 e. The zero-order chi connectivity index (χ0) is 24.3. The standard InChI is InChI=1S/C24H27F3N4O3/c1-34-18-9-2-14(3-10-18)12-21(31-23(33)28-16-5-7-17(32)8-6-16)22-29-19-11-4-15(24(25,26)27)13-20(19)30-22/h2-4,9-11,13,16-17,21,32H,5-8,12H2,1H3,(H,29,30)(H2,28,31,33)/t16-,17-,21?. The topological polar surface area (TPSA) is 99.3 Å². The van der Waals surface area contributed by atoms with Gasteiger partial charge in [-0.1, -0.05) is 12.1 Å². The Morgan fingerprint density at radius 2 is 1.88 bits per heavy atom. The highest BCUT2D eigenvalue weighted by molar-refractivity contribution is 5.77. The van der Waals surface area contributed by atoms with Gasteiger partial charge in [0, 0.05) is 6.04 Å². The summed E-state index contributed by atoms with van der Waals surface area (Å²) in [5.41, 5.74) is 0.734. The number of alkyl halides is 3. The summed E-state index contributed by atoms with van der Waals surface area (Å²) in [6.07, 6.45) is -1.81. The van der Waals surface area contributed by atoms with Gasteiger partial charge >= 0.3 is 12.2 Å². The second-order valence-corrected chi connectivity index (χ2v) is 8.58. The lowest BCUT2D eigenvalue weighted by atomic mass is 9.93. The largest absolute Gasteiger partial charge is 0.497 e. The van der Waals surface area contributed by atoms with Gasteiger partial charge in [-0.3, -0.25) is 0 Å². The summed E-state index contributed by atoms with van der Waals surface area (Å²) in [5.74, 6) is 1.05. The molecule has 1 unspecified atom stereocenters. The molecule has 1 fully saturated rings. The van der Waals surface area contributed by atoms with Crippen LogP contribution in [0.3, 0.4) is 0 Å². The van der Waals surface area contributed by atoms with Gasteiger partial charge in [0.2, 0.25) is 0 Å². The third-order valence-corrected chi connectivity index (χ3v) is 6.09. The number of rotatable bonds is 6. The zero-order valence-electron chi connectivity index (χ0n) is 18.7. The molecular formula is C24H27F3N4O3. The zero-order valence-corrected chi connectivity index (χ0v) is 18.7. The van der Waals surface area contributed by atoms with Crippen LogP contribution in [-0.2, 0) is 12.6 Å². The fourth-order valence-electron chi connectivity index (χ4n) is 4.19. The fourth-order valence-corrected chi connectivity index (χ4v) is 4.19. The number of methoxy groups -OCH3 is 1. The van der Waals surface area contributed by atoms with Crippen molar-refractivity contribution < 1.29 is 27.8 Å². The first kappa shape index (κ1) is 23.9. The van der Waals surface area contributed by atoms with Gasteiger partial charge in [-0.2, -0.15) is 13.2 Å². The summed E-state index contributed by atoms with van der Waals surface area (Å²) in [6, 6.07) is 9.61. The number of benzene rings is 2. The minimum Gasteiger partial charge on any atom is -0.497 e. The SMILES string of the molecule is COc1ccc(CC(NC(=O)N[C@H]2CC[C@H](O)CC2)c2nc3cc(C(F)(F)F)ccc3[nH]2)cc1. The molecule has 0 bridgehead atoms. The Balaban J connectivity index is 1.56. The maximum atomic E-state index is 13.1. The molecule has 2 aromatic carbocycles. The van der Waals surface area contributed by atoms with E-state index in [1.807, 2.05) is 12.1 Å². The van der Waals surface area contributed by atoms with Gasteiger partial charge in [-0.05, 0) is 68.0 Å². The molecule has 7 nitrogen and oxygen atoms in total. The summed E-state index contributed by atoms with van der Waals surface area (Å²) >= 11 is 0. The van der Waals surface area contributed by atoms with Crippen LogP contribution >= 0.6 is 0 Å². The summed E-state index contributed by atoms with van der Waals surface area (Å²) < 4.78 is 44.5. The number of hydrogen-bond donors (Lipinski definition) is 4. The molecular weight excluding hydrogens is 449 g/mol. The highest BCUT2D eigenvalue weighted by Gasteiger charge is 2.31. The number of H-pyrrole nitrogens is 1. The summed E-state index contributed by atoms with van der Waals surface area (Å²) in [6.45, 7) is 0. The van der Waals surface area contributed by atoms with Crippen molar-refractivity contribution >= 4 is 17.1 Å². The van der Waals surface area contributed by atoms with Gasteiger partial charge in [-0.25, -0.2) is 9.78 Å². The van der Waals surface area contributed by atoms with Gasteiger partial charge < -0.3 is 25.5 Å². The van der Waals surface area contributed by atoms with Crippen molar-refractivity contribution in [2.45, 2.75) is 56.5 Å². The number of carbonyl (C=O) groups excluding carboxylic acids is 1. The average molecular weight is 476 g/mol. The molecule has 0 radical (unpaired) electrons. The molecule has 0 aliphatic heterocycles. The van der Waals surface area contributed by atoms with Gasteiger partial charge in [-0.15, -0.1) is 0 Å². The lowest BCUT2D eigenvalue weighted by Crippen LogP contribution is -2.45. The van der Waals surface area contributed by atoms with Gasteiger partial charge in [0.15, 0.2) is 0 Å². The van der Waals surface area contributed by atoms with Crippen LogP contribution in [0.5, 0.6) is 5.75 Å². The van der Waals surface area contributed by atoms with E-state index in [1.54, 1.807) is 19.2 Å². The van der Waals surface area contributed by atoms with E-state index >= 15 is 0 Å². The second-order valence-electron chi connectivity index (χ2n) is 8.58. The maximum absolute atomic E-state index is 13.1. The molecule has 3 aromatic rings. The van der Waals surface area contributed by atoms with E-state index in [1.165, 1.54) is 6.07 Å². The third-order valence-electron chi connectivity index (χ3n) is 6.09. The van der Waals surface area contributed by atoms with Crippen molar-refractivity contribution in [3.8, 4) is 5.75 Å². The Hall–Kier alpha value is -3.27. The molecule has 182 valence electrons. The molecule has 2 amide bonds. The molecule has 0 saturated heterocycles. The quantitative estimate of drug-likeness (QED) is 0.422. The highest BCUT2D eigenvalue weighted by Crippen LogP contribution is 2.31. The second kappa shape index (κ2) is 9.92. The predicted molar refractivity (Wildman–Crippen MR) is 120 cm³/mol. The molecule has 1 heterocycles. The number of aromatic nitrogens is 2. The van der Waals surface area contributed by atoms with Crippen LogP contribution in [0.2, 0.25) is 0 Å². The van der Waals surface area contributed by atoms with Crippen LogP contribution in [0, 0.1) is 0 Å². The number of halogens is 3. The first-order chi connectivity index (χ1) is 16.2. The van der Waals surface area contributed by atoms with Crippen LogP contribution < -0.4 is 15.4 Å². The molecule has 1 saturated carbocycles. The molecule has 1 aromatic heterocycles. The van der Waals surface area contributed by atoms with E-state index in [0.29, 0.717) is 49.2 Å². The van der Waals surface area contributed by atoms with Crippen LogP contribution in [0.1, 0.15) is 48.7 Å².